The Labute approximate surface area is 216 Å². The largest absolute Gasteiger partial charge is 0.493 e. The standard InChI is InChI=1S/C29H32N4O4/c1-34-25-17-23-24(18-26(25)35-2)31-29(32-28(23)30)33-15-13-22(14-16-33)37-27(20-9-5-3-6-10-20)19-36-21-11-7-4-8-12-21/h3-12,17-18,22,27H,13-16,19H2,1-2H3,(H2,30,31,32). The normalized spacial score (nSPS) is 14.9. The molecule has 1 fully saturated rings. The molecule has 8 nitrogen and oxygen atoms in total. The van der Waals surface area contributed by atoms with E-state index in [2.05, 4.69) is 22.0 Å². The molecule has 1 aliphatic rings. The summed E-state index contributed by atoms with van der Waals surface area (Å²) < 4.78 is 23.5. The summed E-state index contributed by atoms with van der Waals surface area (Å²) in [4.78, 5) is 11.5. The quantitative estimate of drug-likeness (QED) is 0.342. The maximum absolute atomic E-state index is 6.59. The Morgan fingerprint density at radius 3 is 2.22 bits per heavy atom. The Bertz CT molecular complexity index is 1310. The van der Waals surface area contributed by atoms with Crippen molar-refractivity contribution in [2.24, 2.45) is 0 Å². The van der Waals surface area contributed by atoms with Crippen molar-refractivity contribution >= 4 is 22.7 Å². The van der Waals surface area contributed by atoms with Gasteiger partial charge in [-0.1, -0.05) is 48.5 Å². The third-order valence-electron chi connectivity index (χ3n) is 6.62. The summed E-state index contributed by atoms with van der Waals surface area (Å²) in [7, 11) is 3.20. The first kappa shape index (κ1) is 24.6. The molecular weight excluding hydrogens is 468 g/mol. The van der Waals surface area contributed by atoms with Crippen LogP contribution in [0, 0.1) is 0 Å². The minimum absolute atomic E-state index is 0.1000. The molecule has 0 aliphatic carbocycles. The SMILES string of the molecule is COc1cc2nc(N3CCC(OC(COc4ccccc4)c4ccccc4)CC3)nc(N)c2cc1OC. The topological polar surface area (TPSA) is 92.0 Å². The van der Waals surface area contributed by atoms with Crippen LogP contribution in [0.5, 0.6) is 17.2 Å². The maximum atomic E-state index is 6.59. The Hall–Kier alpha value is -4.04. The molecule has 3 aromatic carbocycles. The Balaban J connectivity index is 1.27. The highest BCUT2D eigenvalue weighted by Crippen LogP contribution is 2.34. The summed E-state index contributed by atoms with van der Waals surface area (Å²) in [6.07, 6.45) is 1.64. The molecule has 0 spiro atoms. The van der Waals surface area contributed by atoms with Crippen molar-refractivity contribution in [1.29, 1.82) is 0 Å². The van der Waals surface area contributed by atoms with Gasteiger partial charge in [0.05, 0.1) is 25.8 Å². The molecule has 0 radical (unpaired) electrons. The second kappa shape index (κ2) is 11.3. The number of aromatic nitrogens is 2. The molecule has 2 heterocycles. The Kier molecular flexibility index (Phi) is 7.56. The summed E-state index contributed by atoms with van der Waals surface area (Å²) in [5.41, 5.74) is 8.14. The van der Waals surface area contributed by atoms with E-state index in [1.807, 2.05) is 60.7 Å². The number of nitrogen functional groups attached to an aromatic ring is 1. The highest BCUT2D eigenvalue weighted by Gasteiger charge is 2.26. The highest BCUT2D eigenvalue weighted by atomic mass is 16.5. The third-order valence-corrected chi connectivity index (χ3v) is 6.62. The molecule has 1 atom stereocenters. The number of hydrogen-bond donors (Lipinski definition) is 1. The lowest BCUT2D eigenvalue weighted by Gasteiger charge is -2.34. The molecule has 0 bridgehead atoms. The summed E-state index contributed by atoms with van der Waals surface area (Å²) in [5, 5.41) is 0.740. The summed E-state index contributed by atoms with van der Waals surface area (Å²) in [6.45, 7) is 1.98. The molecule has 8 heteroatoms. The van der Waals surface area contributed by atoms with Crippen LogP contribution in [0.25, 0.3) is 10.9 Å². The lowest BCUT2D eigenvalue weighted by molar-refractivity contribution is -0.0453. The van der Waals surface area contributed by atoms with Gasteiger partial charge in [0, 0.05) is 24.5 Å². The molecule has 2 N–H and O–H groups in total. The first-order valence-corrected chi connectivity index (χ1v) is 12.5. The fourth-order valence-corrected chi connectivity index (χ4v) is 4.60. The number of rotatable bonds is 9. The van der Waals surface area contributed by atoms with Crippen LogP contribution in [0.2, 0.25) is 0 Å². The van der Waals surface area contributed by atoms with Crippen molar-refractivity contribution < 1.29 is 18.9 Å². The highest BCUT2D eigenvalue weighted by molar-refractivity contribution is 5.91. The van der Waals surface area contributed by atoms with Crippen molar-refractivity contribution in [1.82, 2.24) is 9.97 Å². The molecule has 4 aromatic rings. The molecule has 37 heavy (non-hydrogen) atoms. The predicted octanol–water partition coefficient (Wildman–Crippen LogP) is 5.03. The van der Waals surface area contributed by atoms with Crippen LogP contribution in [0.4, 0.5) is 11.8 Å². The van der Waals surface area contributed by atoms with E-state index in [9.17, 15) is 0 Å². The van der Waals surface area contributed by atoms with Gasteiger partial charge < -0.3 is 29.6 Å². The van der Waals surface area contributed by atoms with Crippen LogP contribution in [-0.4, -0.2) is 50.0 Å². The van der Waals surface area contributed by atoms with Gasteiger partial charge in [0.2, 0.25) is 5.95 Å². The fraction of sp³-hybridized carbons (Fsp3) is 0.310. The van der Waals surface area contributed by atoms with Crippen LogP contribution >= 0.6 is 0 Å². The molecule has 0 saturated carbocycles. The van der Waals surface area contributed by atoms with Gasteiger partial charge in [-0.2, -0.15) is 4.98 Å². The molecule has 5 rings (SSSR count). The first-order valence-electron chi connectivity index (χ1n) is 12.5. The zero-order valence-corrected chi connectivity index (χ0v) is 21.2. The van der Waals surface area contributed by atoms with Gasteiger partial charge in [-0.05, 0) is 36.6 Å². The first-order chi connectivity index (χ1) is 18.1. The van der Waals surface area contributed by atoms with E-state index in [0.29, 0.717) is 29.9 Å². The molecule has 1 unspecified atom stereocenters. The van der Waals surface area contributed by atoms with Gasteiger partial charge in [0.15, 0.2) is 11.5 Å². The van der Waals surface area contributed by atoms with Gasteiger partial charge in [-0.25, -0.2) is 4.98 Å². The van der Waals surface area contributed by atoms with Crippen LogP contribution in [0.3, 0.4) is 0 Å². The molecule has 1 aliphatic heterocycles. The van der Waals surface area contributed by atoms with Crippen LogP contribution in [0.15, 0.2) is 72.8 Å². The van der Waals surface area contributed by atoms with E-state index in [0.717, 1.165) is 48.1 Å². The van der Waals surface area contributed by atoms with Crippen LogP contribution in [0.1, 0.15) is 24.5 Å². The zero-order valence-electron chi connectivity index (χ0n) is 21.2. The summed E-state index contributed by atoms with van der Waals surface area (Å²) >= 11 is 0. The van der Waals surface area contributed by atoms with Crippen molar-refractivity contribution in [2.45, 2.75) is 25.0 Å². The second-order valence-electron chi connectivity index (χ2n) is 8.98. The second-order valence-corrected chi connectivity index (χ2v) is 8.98. The number of ether oxygens (including phenoxy) is 4. The smallest absolute Gasteiger partial charge is 0.227 e. The number of fused-ring (bicyclic) bond motifs is 1. The van der Waals surface area contributed by atoms with E-state index < -0.39 is 0 Å². The minimum atomic E-state index is -0.159. The number of methoxy groups -OCH3 is 2. The van der Waals surface area contributed by atoms with E-state index in [4.69, 9.17) is 29.7 Å². The van der Waals surface area contributed by atoms with E-state index in [-0.39, 0.29) is 12.2 Å². The van der Waals surface area contributed by atoms with Gasteiger partial charge in [0.25, 0.3) is 0 Å². The molecule has 1 saturated heterocycles. The van der Waals surface area contributed by atoms with Gasteiger partial charge in [0.1, 0.15) is 24.3 Å². The lowest BCUT2D eigenvalue weighted by Crippen LogP contribution is -2.39. The number of piperidine rings is 1. The monoisotopic (exact) mass is 500 g/mol. The number of nitrogens with zero attached hydrogens (tertiary/aromatic N) is 3. The van der Waals surface area contributed by atoms with Crippen LogP contribution in [-0.2, 0) is 4.74 Å². The van der Waals surface area contributed by atoms with Gasteiger partial charge >= 0.3 is 0 Å². The number of benzene rings is 3. The molecule has 0 amide bonds. The summed E-state index contributed by atoms with van der Waals surface area (Å²) in [5.74, 6) is 3.07. The predicted molar refractivity (Wildman–Crippen MR) is 144 cm³/mol. The Morgan fingerprint density at radius 1 is 0.892 bits per heavy atom. The fourth-order valence-electron chi connectivity index (χ4n) is 4.60. The third kappa shape index (κ3) is 5.70. The van der Waals surface area contributed by atoms with Crippen molar-refractivity contribution in [2.75, 3.05) is 44.5 Å². The molecule has 192 valence electrons. The maximum Gasteiger partial charge on any atom is 0.227 e. The minimum Gasteiger partial charge on any atom is -0.493 e. The average molecular weight is 501 g/mol. The Morgan fingerprint density at radius 2 is 1.54 bits per heavy atom. The van der Waals surface area contributed by atoms with E-state index >= 15 is 0 Å². The number of nitrogens with two attached hydrogens (primary N) is 1. The van der Waals surface area contributed by atoms with E-state index in [1.54, 1.807) is 14.2 Å². The van der Waals surface area contributed by atoms with Crippen LogP contribution < -0.4 is 24.8 Å². The number of hydrogen-bond acceptors (Lipinski definition) is 8. The van der Waals surface area contributed by atoms with Crippen molar-refractivity contribution in [3.63, 3.8) is 0 Å². The summed E-state index contributed by atoms with van der Waals surface area (Å²) in [6, 6.07) is 23.7. The van der Waals surface area contributed by atoms with E-state index in [1.165, 1.54) is 0 Å². The van der Waals surface area contributed by atoms with Crippen molar-refractivity contribution in [3.05, 3.63) is 78.4 Å². The lowest BCUT2D eigenvalue weighted by atomic mass is 10.1. The number of para-hydroxylation sites is 1. The van der Waals surface area contributed by atoms with Gasteiger partial charge in [-0.15, -0.1) is 0 Å². The van der Waals surface area contributed by atoms with Crippen molar-refractivity contribution in [3.8, 4) is 17.2 Å². The average Bonchev–Trinajstić information content (AvgIpc) is 2.96. The van der Waals surface area contributed by atoms with Gasteiger partial charge in [-0.3, -0.25) is 0 Å². The molecule has 1 aromatic heterocycles. The number of anilines is 2. The molecular formula is C29H32N4O4. The zero-order chi connectivity index (χ0) is 25.6.